The number of ketones is 1. The first-order chi connectivity index (χ1) is 12.7. The molecule has 1 aromatic carbocycles. The number of hydrogen-bond acceptors (Lipinski definition) is 3. The standard InChI is InChI=1S/C23H28O3/c1-26-23(25)21-19-14-8-6-12-17(19)16-11-5-7-13-18(16)20(21)22(24)15-9-3-2-4-10-15/h2-4,9-10,18-21H,5-8,11-14H2,1H3/t18-,19-,20-,21-/m1/s1. The molecule has 0 amide bonds. The smallest absolute Gasteiger partial charge is 0.310 e. The quantitative estimate of drug-likeness (QED) is 0.438. The lowest BCUT2D eigenvalue weighted by Crippen LogP contribution is -2.47. The molecule has 4 rings (SSSR count). The molecule has 0 N–H and O–H groups in total. The van der Waals surface area contributed by atoms with Crippen molar-refractivity contribution in [3.63, 3.8) is 0 Å². The van der Waals surface area contributed by atoms with Crippen LogP contribution in [0.4, 0.5) is 0 Å². The predicted molar refractivity (Wildman–Crippen MR) is 101 cm³/mol. The summed E-state index contributed by atoms with van der Waals surface area (Å²) in [6.07, 6.45) is 9.00. The highest BCUT2D eigenvalue weighted by molar-refractivity contribution is 6.00. The average molecular weight is 352 g/mol. The fourth-order valence-corrected chi connectivity index (χ4v) is 5.76. The van der Waals surface area contributed by atoms with Gasteiger partial charge in [0.05, 0.1) is 13.0 Å². The molecule has 3 nitrogen and oxygen atoms in total. The molecule has 0 aromatic heterocycles. The van der Waals surface area contributed by atoms with Crippen LogP contribution in [-0.2, 0) is 9.53 Å². The number of ether oxygens (including phenoxy) is 1. The lowest BCUT2D eigenvalue weighted by atomic mass is 9.56. The van der Waals surface area contributed by atoms with Crippen LogP contribution >= 0.6 is 0 Å². The Morgan fingerprint density at radius 2 is 1.42 bits per heavy atom. The van der Waals surface area contributed by atoms with Gasteiger partial charge in [0.2, 0.25) is 0 Å². The maximum absolute atomic E-state index is 13.5. The van der Waals surface area contributed by atoms with Crippen LogP contribution in [0.1, 0.15) is 61.7 Å². The molecule has 0 unspecified atom stereocenters. The van der Waals surface area contributed by atoms with E-state index < -0.39 is 0 Å². The van der Waals surface area contributed by atoms with Crippen molar-refractivity contribution in [3.05, 3.63) is 47.0 Å². The number of carbonyl (C=O) groups is 2. The number of Topliss-reactive ketones (excluding diaryl/α,β-unsaturated/α-hetero) is 1. The van der Waals surface area contributed by atoms with Crippen molar-refractivity contribution in [2.24, 2.45) is 23.7 Å². The summed E-state index contributed by atoms with van der Waals surface area (Å²) in [4.78, 5) is 26.4. The van der Waals surface area contributed by atoms with E-state index in [1.807, 2.05) is 30.3 Å². The van der Waals surface area contributed by atoms with Gasteiger partial charge in [-0.3, -0.25) is 9.59 Å². The molecule has 3 heteroatoms. The number of carbonyl (C=O) groups excluding carboxylic acids is 2. The van der Waals surface area contributed by atoms with Gasteiger partial charge < -0.3 is 4.74 Å². The molecule has 4 atom stereocenters. The molecule has 0 radical (unpaired) electrons. The Bertz CT molecular complexity index is 718. The molecular formula is C23H28O3. The van der Waals surface area contributed by atoms with E-state index in [9.17, 15) is 9.59 Å². The highest BCUT2D eigenvalue weighted by atomic mass is 16.5. The zero-order chi connectivity index (χ0) is 18.1. The molecule has 0 bridgehead atoms. The number of rotatable bonds is 3. The van der Waals surface area contributed by atoms with Gasteiger partial charge in [0, 0.05) is 11.5 Å². The minimum Gasteiger partial charge on any atom is -0.469 e. The van der Waals surface area contributed by atoms with E-state index in [1.54, 1.807) is 0 Å². The zero-order valence-electron chi connectivity index (χ0n) is 15.6. The maximum atomic E-state index is 13.5. The second kappa shape index (κ2) is 7.38. The average Bonchev–Trinajstić information content (AvgIpc) is 2.72. The Morgan fingerprint density at radius 1 is 0.846 bits per heavy atom. The molecule has 138 valence electrons. The topological polar surface area (TPSA) is 43.4 Å². The van der Waals surface area contributed by atoms with Gasteiger partial charge in [-0.05, 0) is 50.4 Å². The van der Waals surface area contributed by atoms with Crippen LogP contribution in [0.15, 0.2) is 41.5 Å². The third-order valence-corrected chi connectivity index (χ3v) is 6.82. The molecule has 0 aliphatic heterocycles. The summed E-state index contributed by atoms with van der Waals surface area (Å²) < 4.78 is 5.22. The van der Waals surface area contributed by atoms with E-state index in [0.29, 0.717) is 0 Å². The molecule has 0 saturated heterocycles. The van der Waals surface area contributed by atoms with Crippen molar-refractivity contribution in [1.82, 2.24) is 0 Å². The predicted octanol–water partition coefficient (Wildman–Crippen LogP) is 4.97. The Hall–Kier alpha value is -1.90. The molecule has 3 aliphatic rings. The van der Waals surface area contributed by atoms with Crippen molar-refractivity contribution in [3.8, 4) is 0 Å². The number of fused-ring (bicyclic) bond motifs is 2. The summed E-state index contributed by atoms with van der Waals surface area (Å²) in [5.41, 5.74) is 3.76. The molecule has 2 saturated carbocycles. The zero-order valence-corrected chi connectivity index (χ0v) is 15.6. The highest BCUT2D eigenvalue weighted by Gasteiger charge is 2.51. The van der Waals surface area contributed by atoms with Gasteiger partial charge in [-0.15, -0.1) is 0 Å². The van der Waals surface area contributed by atoms with Gasteiger partial charge in [0.15, 0.2) is 5.78 Å². The highest BCUT2D eigenvalue weighted by Crippen LogP contribution is 2.53. The molecule has 2 fully saturated rings. The summed E-state index contributed by atoms with van der Waals surface area (Å²) in [5.74, 6) is -0.187. The number of methoxy groups -OCH3 is 1. The lowest BCUT2D eigenvalue weighted by molar-refractivity contribution is -0.150. The summed E-state index contributed by atoms with van der Waals surface area (Å²) in [6, 6.07) is 9.53. The largest absolute Gasteiger partial charge is 0.469 e. The van der Waals surface area contributed by atoms with Crippen molar-refractivity contribution >= 4 is 11.8 Å². The summed E-state index contributed by atoms with van der Waals surface area (Å²) in [7, 11) is 1.47. The van der Waals surface area contributed by atoms with Gasteiger partial charge in [-0.1, -0.05) is 54.3 Å². The van der Waals surface area contributed by atoms with Crippen LogP contribution in [0.25, 0.3) is 0 Å². The second-order valence-electron chi connectivity index (χ2n) is 8.06. The normalized spacial score (nSPS) is 31.0. The number of allylic oxidation sites excluding steroid dienone is 2. The van der Waals surface area contributed by atoms with Gasteiger partial charge in [-0.2, -0.15) is 0 Å². The molecule has 26 heavy (non-hydrogen) atoms. The second-order valence-corrected chi connectivity index (χ2v) is 8.06. The first-order valence-electron chi connectivity index (χ1n) is 10.1. The van der Waals surface area contributed by atoms with E-state index in [0.717, 1.165) is 44.1 Å². The fourth-order valence-electron chi connectivity index (χ4n) is 5.76. The van der Waals surface area contributed by atoms with E-state index in [4.69, 9.17) is 4.74 Å². The molecular weight excluding hydrogens is 324 g/mol. The third-order valence-electron chi connectivity index (χ3n) is 6.82. The Kier molecular flexibility index (Phi) is 4.97. The molecule has 3 aliphatic carbocycles. The molecule has 1 aromatic rings. The summed E-state index contributed by atoms with van der Waals surface area (Å²) in [5, 5.41) is 0. The van der Waals surface area contributed by atoms with E-state index in [-0.39, 0.29) is 35.4 Å². The van der Waals surface area contributed by atoms with Gasteiger partial charge in [-0.25, -0.2) is 0 Å². The van der Waals surface area contributed by atoms with Gasteiger partial charge in [0.25, 0.3) is 0 Å². The van der Waals surface area contributed by atoms with Crippen molar-refractivity contribution < 1.29 is 14.3 Å². The number of benzene rings is 1. The van der Waals surface area contributed by atoms with Crippen LogP contribution in [0, 0.1) is 23.7 Å². The maximum Gasteiger partial charge on any atom is 0.310 e. The number of hydrogen-bond donors (Lipinski definition) is 0. The monoisotopic (exact) mass is 352 g/mol. The Labute approximate surface area is 155 Å². The van der Waals surface area contributed by atoms with Crippen LogP contribution in [-0.4, -0.2) is 18.9 Å². The van der Waals surface area contributed by atoms with Crippen LogP contribution in [0.5, 0.6) is 0 Å². The Balaban J connectivity index is 1.82. The van der Waals surface area contributed by atoms with E-state index >= 15 is 0 Å². The lowest BCUT2D eigenvalue weighted by Gasteiger charge is -2.47. The van der Waals surface area contributed by atoms with Crippen LogP contribution in [0.2, 0.25) is 0 Å². The van der Waals surface area contributed by atoms with Crippen molar-refractivity contribution in [2.75, 3.05) is 7.11 Å². The minimum absolute atomic E-state index is 0.134. The van der Waals surface area contributed by atoms with Crippen molar-refractivity contribution in [1.29, 1.82) is 0 Å². The van der Waals surface area contributed by atoms with E-state index in [1.165, 1.54) is 31.1 Å². The third kappa shape index (κ3) is 2.91. The first kappa shape index (κ1) is 17.5. The first-order valence-corrected chi connectivity index (χ1v) is 10.1. The van der Waals surface area contributed by atoms with Gasteiger partial charge in [0.1, 0.15) is 0 Å². The van der Waals surface area contributed by atoms with Crippen LogP contribution in [0.3, 0.4) is 0 Å². The molecule has 0 heterocycles. The van der Waals surface area contributed by atoms with Crippen molar-refractivity contribution in [2.45, 2.75) is 51.4 Å². The van der Waals surface area contributed by atoms with Gasteiger partial charge >= 0.3 is 5.97 Å². The Morgan fingerprint density at radius 3 is 2.00 bits per heavy atom. The molecule has 0 spiro atoms. The SMILES string of the molecule is COC(=O)[C@H]1[C@H](C(=O)c2ccccc2)[C@@H]2CCCCC2=C2CCCC[C@H]21. The minimum atomic E-state index is -0.310. The van der Waals surface area contributed by atoms with Crippen LogP contribution < -0.4 is 0 Å². The summed E-state index contributed by atoms with van der Waals surface area (Å²) >= 11 is 0. The fraction of sp³-hybridized carbons (Fsp3) is 0.565. The van der Waals surface area contributed by atoms with E-state index in [2.05, 4.69) is 0 Å². The summed E-state index contributed by atoms with van der Waals surface area (Å²) in [6.45, 7) is 0. The number of esters is 1.